The maximum absolute atomic E-state index is 6.11. The molecular weight excluding hydrogens is 400 g/mol. The normalized spacial score (nSPS) is 17.0. The topological polar surface area (TPSA) is 84.0 Å². The lowest BCUT2D eigenvalue weighted by Crippen LogP contribution is -2.28. The van der Waals surface area contributed by atoms with E-state index in [4.69, 9.17) is 4.42 Å². The Labute approximate surface area is 185 Å². The van der Waals surface area contributed by atoms with Crippen LogP contribution in [0.3, 0.4) is 0 Å². The minimum absolute atomic E-state index is 0.303. The molecular formula is C25H26N6O. The van der Waals surface area contributed by atoms with Crippen molar-refractivity contribution in [2.75, 3.05) is 13.1 Å². The Kier molecular flexibility index (Phi) is 4.57. The lowest BCUT2D eigenvalue weighted by molar-refractivity contribution is 0.380. The highest BCUT2D eigenvalue weighted by Gasteiger charge is 2.22. The second-order valence-corrected chi connectivity index (χ2v) is 8.93. The molecule has 5 aromatic rings. The molecule has 5 heterocycles. The van der Waals surface area contributed by atoms with Gasteiger partial charge >= 0.3 is 0 Å². The molecule has 2 N–H and O–H groups in total. The molecule has 7 heteroatoms. The van der Waals surface area contributed by atoms with Crippen molar-refractivity contribution in [3.8, 4) is 22.7 Å². The fourth-order valence-corrected chi connectivity index (χ4v) is 4.82. The first kappa shape index (κ1) is 19.3. The number of nitrogens with one attached hydrogen (secondary N) is 2. The van der Waals surface area contributed by atoms with E-state index in [0.717, 1.165) is 59.8 Å². The molecule has 4 aromatic heterocycles. The second kappa shape index (κ2) is 7.60. The molecule has 1 aliphatic heterocycles. The Morgan fingerprint density at radius 1 is 1.12 bits per heavy atom. The van der Waals surface area contributed by atoms with Crippen LogP contribution >= 0.6 is 0 Å². The summed E-state index contributed by atoms with van der Waals surface area (Å²) in [5.41, 5.74) is 6.58. The molecule has 1 aromatic carbocycles. The zero-order valence-corrected chi connectivity index (χ0v) is 18.3. The van der Waals surface area contributed by atoms with Crippen molar-refractivity contribution >= 4 is 16.6 Å². The van der Waals surface area contributed by atoms with Gasteiger partial charge in [0.1, 0.15) is 5.65 Å². The van der Waals surface area contributed by atoms with E-state index in [1.54, 1.807) is 0 Å². The van der Waals surface area contributed by atoms with Crippen LogP contribution in [0.25, 0.3) is 39.3 Å². The zero-order valence-electron chi connectivity index (χ0n) is 18.3. The van der Waals surface area contributed by atoms with Crippen LogP contribution in [0, 0.1) is 0 Å². The number of fused-ring (bicyclic) bond motifs is 2. The molecule has 0 aliphatic carbocycles. The van der Waals surface area contributed by atoms with Crippen molar-refractivity contribution in [1.82, 2.24) is 29.9 Å². The molecule has 7 nitrogen and oxygen atoms in total. The summed E-state index contributed by atoms with van der Waals surface area (Å²) in [6.45, 7) is 6.43. The average molecular weight is 427 g/mol. The van der Waals surface area contributed by atoms with Gasteiger partial charge in [-0.15, -0.1) is 10.2 Å². The van der Waals surface area contributed by atoms with Crippen molar-refractivity contribution in [3.05, 3.63) is 60.4 Å². The number of benzene rings is 1. The largest absolute Gasteiger partial charge is 0.420 e. The van der Waals surface area contributed by atoms with Gasteiger partial charge in [0.15, 0.2) is 0 Å². The minimum Gasteiger partial charge on any atom is -0.420 e. The van der Waals surface area contributed by atoms with Crippen LogP contribution in [0.2, 0.25) is 0 Å². The first-order chi connectivity index (χ1) is 15.7. The van der Waals surface area contributed by atoms with Gasteiger partial charge in [0.2, 0.25) is 11.8 Å². The Balaban J connectivity index is 1.43. The van der Waals surface area contributed by atoms with Crippen LogP contribution in [0.1, 0.15) is 50.0 Å². The van der Waals surface area contributed by atoms with Crippen LogP contribution in [0.15, 0.2) is 53.3 Å². The van der Waals surface area contributed by atoms with Gasteiger partial charge in [0, 0.05) is 53.1 Å². The molecule has 0 spiro atoms. The highest BCUT2D eigenvalue weighted by molar-refractivity contribution is 5.93. The molecule has 0 saturated carbocycles. The number of imidazole rings is 1. The lowest BCUT2D eigenvalue weighted by Gasteiger charge is -2.18. The molecule has 0 amide bonds. The molecule has 1 fully saturated rings. The standard InChI is InChI=1S/C25H26N6O/c1-15(2)22-19-12-16(24-29-30-25(32-24)17-4-3-9-26-13-17)5-7-20(19)28-23(22)18-6-8-21-27-10-11-31(21)14-18/h5-8,10-12,14-15,17,26,28H,3-4,9,13H2,1-2H3/t17-/m1/s1. The van der Waals surface area contributed by atoms with Gasteiger partial charge in [-0.3, -0.25) is 0 Å². The van der Waals surface area contributed by atoms with Gasteiger partial charge in [0.25, 0.3) is 0 Å². The molecule has 1 saturated heterocycles. The number of aromatic nitrogens is 5. The summed E-state index contributed by atoms with van der Waals surface area (Å²) in [7, 11) is 0. The van der Waals surface area contributed by atoms with Gasteiger partial charge < -0.3 is 19.1 Å². The predicted octanol–water partition coefficient (Wildman–Crippen LogP) is 5.12. The van der Waals surface area contributed by atoms with E-state index in [1.807, 2.05) is 12.4 Å². The maximum atomic E-state index is 6.11. The average Bonchev–Trinajstić information content (AvgIpc) is 3.56. The van der Waals surface area contributed by atoms with E-state index >= 15 is 0 Å². The Morgan fingerprint density at radius 2 is 2.03 bits per heavy atom. The van der Waals surface area contributed by atoms with Crippen LogP contribution in [-0.2, 0) is 0 Å². The number of hydrogen-bond donors (Lipinski definition) is 2. The van der Waals surface area contributed by atoms with Gasteiger partial charge in [0.05, 0.1) is 5.69 Å². The molecule has 32 heavy (non-hydrogen) atoms. The summed E-state index contributed by atoms with van der Waals surface area (Å²) in [5.74, 6) is 1.97. The van der Waals surface area contributed by atoms with Crippen molar-refractivity contribution in [1.29, 1.82) is 0 Å². The third-order valence-electron chi connectivity index (χ3n) is 6.43. The number of H-pyrrole nitrogens is 1. The van der Waals surface area contributed by atoms with Gasteiger partial charge in [-0.2, -0.15) is 0 Å². The first-order valence-corrected chi connectivity index (χ1v) is 11.3. The lowest BCUT2D eigenvalue weighted by atomic mass is 9.96. The Bertz CT molecular complexity index is 1400. The Hall–Kier alpha value is -3.45. The van der Waals surface area contributed by atoms with E-state index in [2.05, 4.69) is 80.3 Å². The SMILES string of the molecule is CC(C)c1c(-c2ccc3nccn3c2)[nH]c2ccc(-c3nnc([C@@H]4CCCNC4)o3)cc12. The number of rotatable bonds is 4. The van der Waals surface area contributed by atoms with Crippen LogP contribution in [-0.4, -0.2) is 37.7 Å². The van der Waals surface area contributed by atoms with E-state index < -0.39 is 0 Å². The third-order valence-corrected chi connectivity index (χ3v) is 6.43. The molecule has 6 rings (SSSR count). The smallest absolute Gasteiger partial charge is 0.247 e. The van der Waals surface area contributed by atoms with Crippen molar-refractivity contribution in [2.24, 2.45) is 0 Å². The summed E-state index contributed by atoms with van der Waals surface area (Å²) >= 11 is 0. The van der Waals surface area contributed by atoms with Gasteiger partial charge in [-0.25, -0.2) is 4.98 Å². The van der Waals surface area contributed by atoms with Gasteiger partial charge in [-0.05, 0) is 61.2 Å². The summed E-state index contributed by atoms with van der Waals surface area (Å²) in [6.07, 6.45) is 8.16. The fraction of sp³-hybridized carbons (Fsp3) is 0.320. The highest BCUT2D eigenvalue weighted by Crippen LogP contribution is 2.37. The minimum atomic E-state index is 0.303. The predicted molar refractivity (Wildman–Crippen MR) is 125 cm³/mol. The number of nitrogens with zero attached hydrogens (tertiary/aromatic N) is 4. The van der Waals surface area contributed by atoms with Crippen LogP contribution < -0.4 is 5.32 Å². The number of pyridine rings is 1. The quantitative estimate of drug-likeness (QED) is 0.417. The fourth-order valence-electron chi connectivity index (χ4n) is 4.82. The van der Waals surface area contributed by atoms with Crippen LogP contribution in [0.4, 0.5) is 0 Å². The molecule has 1 atom stereocenters. The van der Waals surface area contributed by atoms with E-state index in [0.29, 0.717) is 17.7 Å². The molecule has 0 bridgehead atoms. The number of aromatic amines is 1. The second-order valence-electron chi connectivity index (χ2n) is 8.93. The number of piperidine rings is 1. The molecule has 1 aliphatic rings. The summed E-state index contributed by atoms with van der Waals surface area (Å²) in [4.78, 5) is 8.01. The van der Waals surface area contributed by atoms with E-state index in [-0.39, 0.29) is 0 Å². The highest BCUT2D eigenvalue weighted by atomic mass is 16.4. The maximum Gasteiger partial charge on any atom is 0.247 e. The van der Waals surface area contributed by atoms with Gasteiger partial charge in [-0.1, -0.05) is 13.8 Å². The summed E-state index contributed by atoms with van der Waals surface area (Å²) < 4.78 is 8.16. The molecule has 0 radical (unpaired) electrons. The van der Waals surface area contributed by atoms with E-state index in [9.17, 15) is 0 Å². The third kappa shape index (κ3) is 3.20. The first-order valence-electron chi connectivity index (χ1n) is 11.3. The molecule has 162 valence electrons. The van der Waals surface area contributed by atoms with Crippen molar-refractivity contribution in [2.45, 2.75) is 38.5 Å². The number of hydrogen-bond acceptors (Lipinski definition) is 5. The molecule has 0 unspecified atom stereocenters. The zero-order chi connectivity index (χ0) is 21.7. The Morgan fingerprint density at radius 3 is 2.88 bits per heavy atom. The van der Waals surface area contributed by atoms with E-state index in [1.165, 1.54) is 10.9 Å². The van der Waals surface area contributed by atoms with Crippen molar-refractivity contribution in [3.63, 3.8) is 0 Å². The van der Waals surface area contributed by atoms with Crippen molar-refractivity contribution < 1.29 is 4.42 Å². The monoisotopic (exact) mass is 426 g/mol. The summed E-state index contributed by atoms with van der Waals surface area (Å²) in [6, 6.07) is 10.5. The summed E-state index contributed by atoms with van der Waals surface area (Å²) in [5, 5.41) is 13.3. The van der Waals surface area contributed by atoms with Crippen LogP contribution in [0.5, 0.6) is 0 Å².